The van der Waals surface area contributed by atoms with Gasteiger partial charge in [-0.1, -0.05) is 26.2 Å². The van der Waals surface area contributed by atoms with Gasteiger partial charge in [0.25, 0.3) is 0 Å². The molecule has 0 radical (unpaired) electrons. The second kappa shape index (κ2) is 9.04. The van der Waals surface area contributed by atoms with Crippen molar-refractivity contribution in [3.05, 3.63) is 0 Å². The molecule has 0 bridgehead atoms. The van der Waals surface area contributed by atoms with Crippen LogP contribution in [-0.4, -0.2) is 62.8 Å². The second-order valence-corrected chi connectivity index (χ2v) is 8.05. The standard InChI is InChI=1S/C19H36N4O/c1-15-5-3-6-16(11-15)8-9-21-19(20-2)22-12-18-13-23-10-4-7-17(23)14-24-18/h15-18H,3-14H2,1-2H3,(H2,20,21,22). The molecule has 1 aliphatic carbocycles. The summed E-state index contributed by atoms with van der Waals surface area (Å²) in [7, 11) is 1.86. The van der Waals surface area contributed by atoms with Crippen molar-refractivity contribution in [3.8, 4) is 0 Å². The van der Waals surface area contributed by atoms with Gasteiger partial charge in [-0.05, 0) is 44.1 Å². The van der Waals surface area contributed by atoms with Crippen molar-refractivity contribution in [1.29, 1.82) is 0 Å². The highest BCUT2D eigenvalue weighted by Gasteiger charge is 2.32. The number of aliphatic imine (C=N–C) groups is 1. The van der Waals surface area contributed by atoms with Gasteiger partial charge >= 0.3 is 0 Å². The fourth-order valence-corrected chi connectivity index (χ4v) is 4.66. The Balaban J connectivity index is 1.32. The van der Waals surface area contributed by atoms with E-state index in [4.69, 9.17) is 4.74 Å². The molecule has 5 nitrogen and oxygen atoms in total. The van der Waals surface area contributed by atoms with Crippen LogP contribution in [0.25, 0.3) is 0 Å². The van der Waals surface area contributed by atoms with E-state index in [-0.39, 0.29) is 6.10 Å². The predicted octanol–water partition coefficient (Wildman–Crippen LogP) is 2.23. The third-order valence-electron chi connectivity index (χ3n) is 6.07. The van der Waals surface area contributed by atoms with Crippen LogP contribution in [0.15, 0.2) is 4.99 Å². The van der Waals surface area contributed by atoms with Crippen molar-refractivity contribution in [1.82, 2.24) is 15.5 Å². The van der Waals surface area contributed by atoms with Gasteiger partial charge in [-0.25, -0.2) is 0 Å². The fraction of sp³-hybridized carbons (Fsp3) is 0.947. The van der Waals surface area contributed by atoms with Gasteiger partial charge in [-0.2, -0.15) is 0 Å². The molecule has 0 aromatic heterocycles. The number of ether oxygens (including phenoxy) is 1. The molecule has 2 saturated heterocycles. The van der Waals surface area contributed by atoms with E-state index >= 15 is 0 Å². The van der Waals surface area contributed by atoms with Gasteiger partial charge < -0.3 is 15.4 Å². The summed E-state index contributed by atoms with van der Waals surface area (Å²) in [4.78, 5) is 6.96. The van der Waals surface area contributed by atoms with Crippen LogP contribution in [0.4, 0.5) is 0 Å². The Morgan fingerprint density at radius 2 is 2.12 bits per heavy atom. The third-order valence-corrected chi connectivity index (χ3v) is 6.07. The Hall–Kier alpha value is -0.810. The topological polar surface area (TPSA) is 48.9 Å². The number of nitrogens with one attached hydrogen (secondary N) is 2. The molecule has 3 fully saturated rings. The van der Waals surface area contributed by atoms with Gasteiger partial charge in [-0.15, -0.1) is 0 Å². The summed E-state index contributed by atoms with van der Waals surface area (Å²) in [5.41, 5.74) is 0. The van der Waals surface area contributed by atoms with Gasteiger partial charge in [0.1, 0.15) is 0 Å². The van der Waals surface area contributed by atoms with Crippen LogP contribution < -0.4 is 10.6 Å². The van der Waals surface area contributed by atoms with Crippen LogP contribution >= 0.6 is 0 Å². The minimum Gasteiger partial charge on any atom is -0.373 e. The van der Waals surface area contributed by atoms with Crippen LogP contribution in [0.1, 0.15) is 51.9 Å². The van der Waals surface area contributed by atoms with E-state index < -0.39 is 0 Å². The van der Waals surface area contributed by atoms with Gasteiger partial charge in [0, 0.05) is 32.7 Å². The smallest absolute Gasteiger partial charge is 0.191 e. The number of nitrogens with zero attached hydrogens (tertiary/aromatic N) is 2. The van der Waals surface area contributed by atoms with Crippen molar-refractivity contribution in [2.24, 2.45) is 16.8 Å². The Morgan fingerprint density at radius 3 is 2.96 bits per heavy atom. The predicted molar refractivity (Wildman–Crippen MR) is 99.4 cm³/mol. The van der Waals surface area contributed by atoms with Gasteiger partial charge in [-0.3, -0.25) is 9.89 Å². The number of guanidine groups is 1. The van der Waals surface area contributed by atoms with Crippen LogP contribution in [0.5, 0.6) is 0 Å². The lowest BCUT2D eigenvalue weighted by atomic mass is 9.81. The summed E-state index contributed by atoms with van der Waals surface area (Å²) < 4.78 is 6.01. The lowest BCUT2D eigenvalue weighted by molar-refractivity contribution is -0.0453. The minimum atomic E-state index is 0.289. The monoisotopic (exact) mass is 336 g/mol. The molecule has 24 heavy (non-hydrogen) atoms. The Kier molecular flexibility index (Phi) is 6.78. The molecule has 4 unspecified atom stereocenters. The zero-order valence-corrected chi connectivity index (χ0v) is 15.6. The normalized spacial score (nSPS) is 34.8. The van der Waals surface area contributed by atoms with Crippen molar-refractivity contribution < 1.29 is 4.74 Å². The number of hydrogen-bond donors (Lipinski definition) is 2. The highest BCUT2D eigenvalue weighted by molar-refractivity contribution is 5.79. The van der Waals surface area contributed by atoms with E-state index in [0.29, 0.717) is 6.04 Å². The SMILES string of the molecule is CN=C(NCCC1CCCC(C)C1)NCC1CN2CCCC2CO1. The summed E-state index contributed by atoms with van der Waals surface area (Å²) in [6.45, 7) is 7.49. The zero-order valence-electron chi connectivity index (χ0n) is 15.6. The average molecular weight is 337 g/mol. The maximum atomic E-state index is 6.01. The first-order valence-corrected chi connectivity index (χ1v) is 10.0. The van der Waals surface area contributed by atoms with Crippen molar-refractivity contribution in [2.45, 2.75) is 64.0 Å². The lowest BCUT2D eigenvalue weighted by Crippen LogP contribution is -2.51. The van der Waals surface area contributed by atoms with E-state index in [1.807, 2.05) is 7.05 Å². The van der Waals surface area contributed by atoms with E-state index in [1.54, 1.807) is 0 Å². The first-order chi connectivity index (χ1) is 11.7. The van der Waals surface area contributed by atoms with E-state index in [0.717, 1.165) is 44.0 Å². The molecule has 3 aliphatic rings. The van der Waals surface area contributed by atoms with Crippen molar-refractivity contribution in [2.75, 3.05) is 39.8 Å². The van der Waals surface area contributed by atoms with E-state index in [9.17, 15) is 0 Å². The first-order valence-electron chi connectivity index (χ1n) is 10.0. The molecule has 1 saturated carbocycles. The quantitative estimate of drug-likeness (QED) is 0.597. The molecule has 5 heteroatoms. The summed E-state index contributed by atoms with van der Waals surface area (Å²) in [6.07, 6.45) is 9.84. The first kappa shape index (κ1) is 18.0. The Morgan fingerprint density at radius 1 is 1.21 bits per heavy atom. The maximum Gasteiger partial charge on any atom is 0.191 e. The largest absolute Gasteiger partial charge is 0.373 e. The highest BCUT2D eigenvalue weighted by Crippen LogP contribution is 2.30. The molecule has 2 heterocycles. The van der Waals surface area contributed by atoms with E-state index in [2.05, 4.69) is 27.4 Å². The number of rotatable bonds is 5. The van der Waals surface area contributed by atoms with Gasteiger partial charge in [0.2, 0.25) is 0 Å². The lowest BCUT2D eigenvalue weighted by Gasteiger charge is -2.35. The number of fused-ring (bicyclic) bond motifs is 1. The maximum absolute atomic E-state index is 6.01. The Labute approximate surface area is 147 Å². The summed E-state index contributed by atoms with van der Waals surface area (Å²) >= 11 is 0. The van der Waals surface area contributed by atoms with E-state index in [1.165, 1.54) is 51.5 Å². The summed E-state index contributed by atoms with van der Waals surface area (Å²) in [6, 6.07) is 0.677. The average Bonchev–Trinajstić information content (AvgIpc) is 3.05. The number of hydrogen-bond acceptors (Lipinski definition) is 3. The molecule has 2 aliphatic heterocycles. The molecule has 2 N–H and O–H groups in total. The molecule has 0 amide bonds. The fourth-order valence-electron chi connectivity index (χ4n) is 4.66. The molecular weight excluding hydrogens is 300 g/mol. The zero-order chi connectivity index (χ0) is 16.8. The minimum absolute atomic E-state index is 0.289. The molecule has 138 valence electrons. The summed E-state index contributed by atoms with van der Waals surface area (Å²) in [5.74, 6) is 2.73. The molecule has 0 aromatic carbocycles. The van der Waals surface area contributed by atoms with Crippen LogP contribution in [0.3, 0.4) is 0 Å². The molecule has 0 spiro atoms. The van der Waals surface area contributed by atoms with Gasteiger partial charge in [0.05, 0.1) is 12.7 Å². The molecule has 4 atom stereocenters. The van der Waals surface area contributed by atoms with Crippen LogP contribution in [0.2, 0.25) is 0 Å². The highest BCUT2D eigenvalue weighted by atomic mass is 16.5. The summed E-state index contributed by atoms with van der Waals surface area (Å²) in [5, 5.41) is 6.94. The molecule has 3 rings (SSSR count). The van der Waals surface area contributed by atoms with Crippen LogP contribution in [-0.2, 0) is 4.74 Å². The van der Waals surface area contributed by atoms with Crippen molar-refractivity contribution >= 4 is 5.96 Å². The molecule has 0 aromatic rings. The second-order valence-electron chi connectivity index (χ2n) is 8.05. The van der Waals surface area contributed by atoms with Gasteiger partial charge in [0.15, 0.2) is 5.96 Å². The Bertz CT molecular complexity index is 414. The van der Waals surface area contributed by atoms with Crippen molar-refractivity contribution in [3.63, 3.8) is 0 Å². The number of morpholine rings is 1. The molecular formula is C19H36N4O. The third kappa shape index (κ3) is 5.09. The van der Waals surface area contributed by atoms with Crippen LogP contribution in [0, 0.1) is 11.8 Å².